The summed E-state index contributed by atoms with van der Waals surface area (Å²) in [5, 5.41) is 11.9. The second-order valence-corrected chi connectivity index (χ2v) is 2.09. The van der Waals surface area contributed by atoms with Crippen molar-refractivity contribution in [3.05, 3.63) is 0 Å². The summed E-state index contributed by atoms with van der Waals surface area (Å²) in [5.74, 6) is -1.21. The maximum Gasteiger partial charge on any atom is 2.00 e. The zero-order chi connectivity index (χ0) is 6.57. The molecule has 0 bridgehead atoms. The molecule has 0 aliphatic carbocycles. The van der Waals surface area contributed by atoms with Gasteiger partial charge in [-0.1, -0.05) is 4.32 Å². The first-order chi connectivity index (χ1) is 3.63. The van der Waals surface area contributed by atoms with Crippen molar-refractivity contribution in [1.29, 1.82) is 0 Å². The van der Waals surface area contributed by atoms with Crippen LogP contribution in [-0.2, 0) is 17.4 Å². The van der Waals surface area contributed by atoms with Crippen LogP contribution in [0.4, 0.5) is 0 Å². The van der Waals surface area contributed by atoms with Gasteiger partial charge in [0.2, 0.25) is 0 Å². The number of carboxylic acid groups (broad SMARTS) is 1. The third-order valence-corrected chi connectivity index (χ3v) is 0.666. The van der Waals surface area contributed by atoms with Gasteiger partial charge in [0, 0.05) is 0 Å². The minimum absolute atomic E-state index is 0. The Morgan fingerprint density at radius 1 is 1.78 bits per heavy atom. The molecule has 46 valence electrons. The standard InChI is InChI=1S/C3H5NO2S2.Ba/c5-2(6)1-4-3(7)8;/h1H2,(H,5,6)(H2,4,7,8);/q;+2/p-2. The van der Waals surface area contributed by atoms with Crippen molar-refractivity contribution >= 4 is 84.0 Å². The number of hydrogen-bond acceptors (Lipinski definition) is 4. The van der Waals surface area contributed by atoms with Crippen LogP contribution in [0.15, 0.2) is 0 Å². The molecule has 0 aliphatic heterocycles. The van der Waals surface area contributed by atoms with E-state index in [4.69, 9.17) is 0 Å². The molecule has 1 N–H and O–H groups in total. The SMILES string of the molecule is O=C([O-])CNC(=S)[S-].[Ba+2]. The third-order valence-electron chi connectivity index (χ3n) is 0.377. The van der Waals surface area contributed by atoms with E-state index in [1.807, 2.05) is 0 Å². The summed E-state index contributed by atoms with van der Waals surface area (Å²) < 4.78 is 0.0502. The molecular weight excluding hydrogens is 284 g/mol. The maximum absolute atomic E-state index is 9.62. The fraction of sp³-hybridized carbons (Fsp3) is 0.333. The van der Waals surface area contributed by atoms with Gasteiger partial charge >= 0.3 is 48.9 Å². The first kappa shape index (κ1) is 12.8. The fourth-order valence-electron chi connectivity index (χ4n) is 0.144. The Morgan fingerprint density at radius 3 is 2.33 bits per heavy atom. The van der Waals surface area contributed by atoms with Crippen molar-refractivity contribution in [3.63, 3.8) is 0 Å². The van der Waals surface area contributed by atoms with Crippen molar-refractivity contribution in [2.75, 3.05) is 6.54 Å². The van der Waals surface area contributed by atoms with Crippen LogP contribution in [0.3, 0.4) is 0 Å². The molecule has 0 spiro atoms. The molecule has 0 fully saturated rings. The molecule has 3 nitrogen and oxygen atoms in total. The van der Waals surface area contributed by atoms with E-state index in [2.05, 4.69) is 30.2 Å². The maximum atomic E-state index is 9.62. The van der Waals surface area contributed by atoms with Gasteiger partial charge in [0.1, 0.15) is 0 Å². The Kier molecular flexibility index (Phi) is 10.3. The summed E-state index contributed by atoms with van der Waals surface area (Å²) in [6.07, 6.45) is 0. The van der Waals surface area contributed by atoms with Crippen LogP contribution in [0, 0.1) is 0 Å². The summed E-state index contributed by atoms with van der Waals surface area (Å²) in [6.45, 7) is -0.303. The van der Waals surface area contributed by atoms with Crippen LogP contribution in [0.1, 0.15) is 0 Å². The van der Waals surface area contributed by atoms with Crippen LogP contribution in [0.25, 0.3) is 0 Å². The zero-order valence-electron chi connectivity index (χ0n) is 4.55. The van der Waals surface area contributed by atoms with Crippen molar-refractivity contribution in [2.24, 2.45) is 0 Å². The molecule has 0 atom stereocenters. The van der Waals surface area contributed by atoms with Gasteiger partial charge in [-0.05, 0) is 0 Å². The van der Waals surface area contributed by atoms with Gasteiger partial charge in [0.25, 0.3) is 0 Å². The predicted molar refractivity (Wildman–Crippen MR) is 38.7 cm³/mol. The van der Waals surface area contributed by atoms with Crippen LogP contribution in [-0.4, -0.2) is 65.7 Å². The van der Waals surface area contributed by atoms with E-state index < -0.39 is 5.97 Å². The average Bonchev–Trinajstić information content (AvgIpc) is 1.61. The van der Waals surface area contributed by atoms with Crippen molar-refractivity contribution in [3.8, 4) is 0 Å². The van der Waals surface area contributed by atoms with E-state index in [1.165, 1.54) is 0 Å². The first-order valence-corrected chi connectivity index (χ1v) is 2.59. The summed E-state index contributed by atoms with van der Waals surface area (Å²) in [5.41, 5.74) is 0. The Hall–Kier alpha value is 1.15. The van der Waals surface area contributed by atoms with Crippen molar-refractivity contribution < 1.29 is 9.90 Å². The number of carboxylic acids is 1. The van der Waals surface area contributed by atoms with Crippen LogP contribution >= 0.6 is 12.2 Å². The normalized spacial score (nSPS) is 7.11. The molecule has 0 radical (unpaired) electrons. The molecule has 0 saturated carbocycles. The molecule has 9 heavy (non-hydrogen) atoms. The first-order valence-electron chi connectivity index (χ1n) is 1.77. The Morgan fingerprint density at radius 2 is 2.22 bits per heavy atom. The van der Waals surface area contributed by atoms with E-state index in [0.29, 0.717) is 0 Å². The fourth-order valence-corrected chi connectivity index (χ4v) is 0.289. The van der Waals surface area contributed by atoms with Gasteiger partial charge in [0.15, 0.2) is 0 Å². The molecule has 0 aromatic carbocycles. The quantitative estimate of drug-likeness (QED) is 0.354. The Balaban J connectivity index is 0. The molecule has 0 aliphatic rings. The average molecular weight is 287 g/mol. The Labute approximate surface area is 104 Å². The molecule has 0 unspecified atom stereocenters. The number of thiocarbonyl (C=S) groups is 1. The second-order valence-electron chi connectivity index (χ2n) is 1.01. The third kappa shape index (κ3) is 12.4. The molecule has 0 aromatic heterocycles. The van der Waals surface area contributed by atoms with Crippen LogP contribution in [0.5, 0.6) is 0 Å². The topological polar surface area (TPSA) is 52.2 Å². The molecule has 0 saturated heterocycles. The van der Waals surface area contributed by atoms with E-state index in [9.17, 15) is 9.90 Å². The number of aliphatic carboxylic acids is 1. The molecule has 6 heteroatoms. The number of rotatable bonds is 2. The van der Waals surface area contributed by atoms with Crippen molar-refractivity contribution in [1.82, 2.24) is 5.32 Å². The summed E-state index contributed by atoms with van der Waals surface area (Å²) >= 11 is 8.65. The van der Waals surface area contributed by atoms with Crippen LogP contribution in [0.2, 0.25) is 0 Å². The summed E-state index contributed by atoms with van der Waals surface area (Å²) in [7, 11) is 0. The van der Waals surface area contributed by atoms with Gasteiger partial charge in [-0.2, -0.15) is 0 Å². The summed E-state index contributed by atoms with van der Waals surface area (Å²) in [4.78, 5) is 9.62. The largest absolute Gasteiger partial charge is 2.00 e. The monoisotopic (exact) mass is 287 g/mol. The van der Waals surface area contributed by atoms with Crippen molar-refractivity contribution in [2.45, 2.75) is 0 Å². The van der Waals surface area contributed by atoms with E-state index in [-0.39, 0.29) is 59.7 Å². The van der Waals surface area contributed by atoms with Gasteiger partial charge in [0.05, 0.1) is 12.5 Å². The van der Waals surface area contributed by atoms with Gasteiger partial charge in [-0.25, -0.2) is 0 Å². The Bertz CT molecular complexity index is 104. The van der Waals surface area contributed by atoms with E-state index in [1.54, 1.807) is 0 Å². The number of carbonyl (C=O) groups is 1. The molecule has 0 aromatic rings. The van der Waals surface area contributed by atoms with E-state index in [0.717, 1.165) is 0 Å². The minimum atomic E-state index is -1.21. The molecule has 0 rings (SSSR count). The second kappa shape index (κ2) is 7.26. The van der Waals surface area contributed by atoms with Gasteiger partial charge in [-0.3, -0.25) is 0 Å². The van der Waals surface area contributed by atoms with Gasteiger partial charge < -0.3 is 40.1 Å². The number of nitrogens with one attached hydrogen (secondary N) is 1. The molecule has 0 heterocycles. The number of hydrogen-bond donors (Lipinski definition) is 1. The molecule has 0 amide bonds. The smallest absolute Gasteiger partial charge is 0.548 e. The van der Waals surface area contributed by atoms with Gasteiger partial charge in [-0.15, -0.1) is 0 Å². The summed E-state index contributed by atoms with van der Waals surface area (Å²) in [6, 6.07) is 0. The van der Waals surface area contributed by atoms with Crippen LogP contribution < -0.4 is 10.4 Å². The predicted octanol–water partition coefficient (Wildman–Crippen LogP) is -2.22. The number of carbonyl (C=O) groups excluding carboxylic acids is 1. The van der Waals surface area contributed by atoms with E-state index >= 15 is 0 Å². The molecular formula is C3H3BaNO2S2. The minimum Gasteiger partial charge on any atom is -0.548 e. The zero-order valence-corrected chi connectivity index (χ0v) is 10.6.